The SMILES string of the molecule is CNC(CN(C)C1CCOCC1)c1ccc2c(c1)OCO2. The molecule has 2 aliphatic rings. The van der Waals surface area contributed by atoms with Gasteiger partial charge in [0.25, 0.3) is 0 Å². The summed E-state index contributed by atoms with van der Waals surface area (Å²) in [4.78, 5) is 2.44. The van der Waals surface area contributed by atoms with Gasteiger partial charge in [-0.25, -0.2) is 0 Å². The monoisotopic (exact) mass is 292 g/mol. The molecule has 1 aromatic rings. The molecule has 1 atom stereocenters. The van der Waals surface area contributed by atoms with Gasteiger partial charge in [-0.05, 0) is 44.6 Å². The van der Waals surface area contributed by atoms with Gasteiger partial charge in [0.2, 0.25) is 6.79 Å². The van der Waals surface area contributed by atoms with Crippen LogP contribution in [0.4, 0.5) is 0 Å². The zero-order valence-electron chi connectivity index (χ0n) is 12.8. The normalized spacial score (nSPS) is 20.0. The fourth-order valence-electron chi connectivity index (χ4n) is 3.06. The van der Waals surface area contributed by atoms with E-state index < -0.39 is 0 Å². The van der Waals surface area contributed by atoms with Crippen LogP contribution in [-0.2, 0) is 4.74 Å². The molecule has 5 heteroatoms. The molecule has 1 saturated heterocycles. The molecule has 0 saturated carbocycles. The van der Waals surface area contributed by atoms with Crippen LogP contribution in [0.2, 0.25) is 0 Å². The van der Waals surface area contributed by atoms with Gasteiger partial charge in [-0.15, -0.1) is 0 Å². The molecule has 0 radical (unpaired) electrons. The number of nitrogens with one attached hydrogen (secondary N) is 1. The van der Waals surface area contributed by atoms with Crippen LogP contribution < -0.4 is 14.8 Å². The molecule has 0 spiro atoms. The number of likely N-dealkylation sites (N-methyl/N-ethyl adjacent to an activating group) is 2. The molecule has 116 valence electrons. The highest BCUT2D eigenvalue weighted by Gasteiger charge is 2.23. The molecule has 1 unspecified atom stereocenters. The van der Waals surface area contributed by atoms with Crippen molar-refractivity contribution in [2.45, 2.75) is 24.9 Å². The average molecular weight is 292 g/mol. The fourth-order valence-corrected chi connectivity index (χ4v) is 3.06. The summed E-state index contributed by atoms with van der Waals surface area (Å²) < 4.78 is 16.3. The van der Waals surface area contributed by atoms with Crippen LogP contribution in [0.1, 0.15) is 24.4 Å². The summed E-state index contributed by atoms with van der Waals surface area (Å²) in [5, 5.41) is 3.41. The lowest BCUT2D eigenvalue weighted by Gasteiger charge is -2.33. The third-order valence-corrected chi connectivity index (χ3v) is 4.43. The highest BCUT2D eigenvalue weighted by Crippen LogP contribution is 2.34. The predicted molar refractivity (Wildman–Crippen MR) is 80.8 cm³/mol. The van der Waals surface area contributed by atoms with Crippen molar-refractivity contribution in [3.8, 4) is 11.5 Å². The maximum Gasteiger partial charge on any atom is 0.231 e. The van der Waals surface area contributed by atoms with Crippen molar-refractivity contribution >= 4 is 0 Å². The zero-order valence-corrected chi connectivity index (χ0v) is 12.8. The molecule has 2 aliphatic heterocycles. The molecule has 21 heavy (non-hydrogen) atoms. The van der Waals surface area contributed by atoms with Gasteiger partial charge < -0.3 is 24.4 Å². The molecule has 0 aromatic heterocycles. The maximum absolute atomic E-state index is 5.47. The summed E-state index contributed by atoms with van der Waals surface area (Å²) in [7, 11) is 4.21. The van der Waals surface area contributed by atoms with E-state index in [0.717, 1.165) is 44.1 Å². The minimum absolute atomic E-state index is 0.285. The predicted octanol–water partition coefficient (Wildman–Crippen LogP) is 1.79. The van der Waals surface area contributed by atoms with Crippen LogP contribution in [0.15, 0.2) is 18.2 Å². The minimum atomic E-state index is 0.285. The number of ether oxygens (including phenoxy) is 3. The Morgan fingerprint density at radius 3 is 2.76 bits per heavy atom. The van der Waals surface area contributed by atoms with Crippen molar-refractivity contribution in [1.82, 2.24) is 10.2 Å². The summed E-state index contributed by atoms with van der Waals surface area (Å²) in [5.74, 6) is 1.69. The Labute approximate surface area is 126 Å². The molecule has 1 fully saturated rings. The summed E-state index contributed by atoms with van der Waals surface area (Å²) in [5.41, 5.74) is 1.24. The number of fused-ring (bicyclic) bond motifs is 1. The van der Waals surface area contributed by atoms with E-state index in [1.54, 1.807) is 0 Å². The number of benzene rings is 1. The van der Waals surface area contributed by atoms with Gasteiger partial charge in [-0.1, -0.05) is 6.07 Å². The standard InChI is InChI=1S/C16H24N2O3/c1-17-14(10-18(2)13-5-7-19-8-6-13)12-3-4-15-16(9-12)21-11-20-15/h3-4,9,13-14,17H,5-8,10-11H2,1-2H3. The van der Waals surface area contributed by atoms with Crippen molar-refractivity contribution in [2.75, 3.05) is 40.6 Å². The van der Waals surface area contributed by atoms with Gasteiger partial charge in [-0.3, -0.25) is 0 Å². The van der Waals surface area contributed by atoms with E-state index in [2.05, 4.69) is 29.4 Å². The van der Waals surface area contributed by atoms with Crippen molar-refractivity contribution in [1.29, 1.82) is 0 Å². The first kappa shape index (κ1) is 14.6. The van der Waals surface area contributed by atoms with E-state index >= 15 is 0 Å². The summed E-state index contributed by atoms with van der Waals surface area (Å²) in [6, 6.07) is 7.10. The van der Waals surface area contributed by atoms with E-state index in [-0.39, 0.29) is 6.04 Å². The number of hydrogen-bond acceptors (Lipinski definition) is 5. The quantitative estimate of drug-likeness (QED) is 0.896. The highest BCUT2D eigenvalue weighted by atomic mass is 16.7. The van der Waals surface area contributed by atoms with Crippen LogP contribution >= 0.6 is 0 Å². The van der Waals surface area contributed by atoms with Crippen LogP contribution in [0.3, 0.4) is 0 Å². The van der Waals surface area contributed by atoms with E-state index in [9.17, 15) is 0 Å². The van der Waals surface area contributed by atoms with Crippen LogP contribution in [0, 0.1) is 0 Å². The maximum atomic E-state index is 5.47. The highest BCUT2D eigenvalue weighted by molar-refractivity contribution is 5.45. The van der Waals surface area contributed by atoms with Gasteiger partial charge in [0, 0.05) is 31.8 Å². The molecule has 0 aliphatic carbocycles. The zero-order chi connectivity index (χ0) is 14.7. The molecule has 3 rings (SSSR count). The Morgan fingerprint density at radius 2 is 2.00 bits per heavy atom. The summed E-state index contributed by atoms with van der Waals surface area (Å²) in [6.07, 6.45) is 2.24. The molecule has 5 nitrogen and oxygen atoms in total. The van der Waals surface area contributed by atoms with Crippen molar-refractivity contribution in [3.05, 3.63) is 23.8 Å². The van der Waals surface area contributed by atoms with E-state index in [4.69, 9.17) is 14.2 Å². The van der Waals surface area contributed by atoms with Crippen LogP contribution in [0.5, 0.6) is 11.5 Å². The number of rotatable bonds is 5. The topological polar surface area (TPSA) is 43.0 Å². The van der Waals surface area contributed by atoms with Gasteiger partial charge in [0.1, 0.15) is 0 Å². The Balaban J connectivity index is 1.66. The lowest BCUT2D eigenvalue weighted by molar-refractivity contribution is 0.0404. The first-order chi connectivity index (χ1) is 10.3. The molecular formula is C16H24N2O3. The Kier molecular flexibility index (Phi) is 4.63. The first-order valence-corrected chi connectivity index (χ1v) is 7.62. The number of nitrogens with zero attached hydrogens (tertiary/aromatic N) is 1. The molecular weight excluding hydrogens is 268 g/mol. The first-order valence-electron chi connectivity index (χ1n) is 7.62. The van der Waals surface area contributed by atoms with Crippen molar-refractivity contribution in [3.63, 3.8) is 0 Å². The van der Waals surface area contributed by atoms with Crippen molar-refractivity contribution < 1.29 is 14.2 Å². The molecule has 1 N–H and O–H groups in total. The van der Waals surface area contributed by atoms with Gasteiger partial charge in [0.15, 0.2) is 11.5 Å². The molecule has 0 amide bonds. The van der Waals surface area contributed by atoms with Gasteiger partial charge in [-0.2, -0.15) is 0 Å². The Hall–Kier alpha value is -1.30. The largest absolute Gasteiger partial charge is 0.454 e. The van der Waals surface area contributed by atoms with Gasteiger partial charge in [0.05, 0.1) is 0 Å². The second kappa shape index (κ2) is 6.64. The average Bonchev–Trinajstić information content (AvgIpc) is 3.00. The van der Waals surface area contributed by atoms with Crippen LogP contribution in [0.25, 0.3) is 0 Å². The second-order valence-electron chi connectivity index (χ2n) is 5.74. The summed E-state index contributed by atoms with van der Waals surface area (Å²) >= 11 is 0. The molecule has 0 bridgehead atoms. The lowest BCUT2D eigenvalue weighted by Crippen LogP contribution is -2.41. The van der Waals surface area contributed by atoms with E-state index in [0.29, 0.717) is 12.8 Å². The Morgan fingerprint density at radius 1 is 1.24 bits per heavy atom. The minimum Gasteiger partial charge on any atom is -0.454 e. The third kappa shape index (κ3) is 3.31. The molecule has 2 heterocycles. The molecule has 1 aromatic carbocycles. The van der Waals surface area contributed by atoms with Crippen molar-refractivity contribution in [2.24, 2.45) is 0 Å². The smallest absolute Gasteiger partial charge is 0.231 e. The fraction of sp³-hybridized carbons (Fsp3) is 0.625. The summed E-state index contributed by atoms with van der Waals surface area (Å²) in [6.45, 7) is 3.05. The second-order valence-corrected chi connectivity index (χ2v) is 5.74. The Bertz CT molecular complexity index is 475. The van der Waals surface area contributed by atoms with Crippen LogP contribution in [-0.4, -0.2) is 51.6 Å². The third-order valence-electron chi connectivity index (χ3n) is 4.43. The van der Waals surface area contributed by atoms with E-state index in [1.807, 2.05) is 13.1 Å². The van der Waals surface area contributed by atoms with E-state index in [1.165, 1.54) is 5.56 Å². The lowest BCUT2D eigenvalue weighted by atomic mass is 10.0. The van der Waals surface area contributed by atoms with Gasteiger partial charge >= 0.3 is 0 Å². The number of hydrogen-bond donors (Lipinski definition) is 1.